The van der Waals surface area contributed by atoms with Crippen molar-refractivity contribution in [3.63, 3.8) is 0 Å². The molecule has 0 spiro atoms. The highest BCUT2D eigenvalue weighted by atomic mass is 32.2. The third kappa shape index (κ3) is 7.47. The van der Waals surface area contributed by atoms with E-state index in [4.69, 9.17) is 14.2 Å². The van der Waals surface area contributed by atoms with E-state index in [1.54, 1.807) is 36.4 Å². The number of rotatable bonds is 14. The molecule has 0 radical (unpaired) electrons. The lowest BCUT2D eigenvalue weighted by atomic mass is 9.99. The summed E-state index contributed by atoms with van der Waals surface area (Å²) in [4.78, 5) is 2.55. The highest BCUT2D eigenvalue weighted by Gasteiger charge is 2.26. The lowest BCUT2D eigenvalue weighted by Crippen LogP contribution is -2.15. The van der Waals surface area contributed by atoms with Crippen LogP contribution in [0.3, 0.4) is 0 Å². The quantitative estimate of drug-likeness (QED) is 0.110. The lowest BCUT2D eigenvalue weighted by Gasteiger charge is -2.32. The van der Waals surface area contributed by atoms with E-state index in [1.165, 1.54) is 5.56 Å². The van der Waals surface area contributed by atoms with Crippen LogP contribution < -0.4 is 19.1 Å². The summed E-state index contributed by atoms with van der Waals surface area (Å²) in [6, 6.07) is 37.7. The van der Waals surface area contributed by atoms with Gasteiger partial charge in [0, 0.05) is 5.69 Å². The average Bonchev–Trinajstić information content (AvgIpc) is 3.12. The third-order valence-corrected chi connectivity index (χ3v) is 10.4. The van der Waals surface area contributed by atoms with Crippen molar-refractivity contribution in [2.45, 2.75) is 61.7 Å². The average molecular weight is 648 g/mol. The molecule has 1 aliphatic rings. The van der Waals surface area contributed by atoms with Crippen molar-refractivity contribution in [3.05, 3.63) is 127 Å². The molecular formula is C40H41NO5S. The number of nitrogens with zero attached hydrogens (tertiary/aromatic N) is 1. The summed E-state index contributed by atoms with van der Waals surface area (Å²) in [7, 11) is -3.70. The summed E-state index contributed by atoms with van der Waals surface area (Å²) in [5, 5.41) is 0. The Hall–Kier alpha value is -4.75. The fourth-order valence-corrected chi connectivity index (χ4v) is 6.94. The van der Waals surface area contributed by atoms with E-state index >= 15 is 0 Å². The Morgan fingerprint density at radius 2 is 1.09 bits per heavy atom. The van der Waals surface area contributed by atoms with Crippen LogP contribution in [0.4, 0.5) is 17.1 Å². The van der Waals surface area contributed by atoms with Crippen LogP contribution in [0.25, 0.3) is 0 Å². The normalized spacial score (nSPS) is 12.9. The van der Waals surface area contributed by atoms with E-state index in [2.05, 4.69) is 43.0 Å². The molecule has 0 unspecified atom stereocenters. The van der Waals surface area contributed by atoms with Gasteiger partial charge in [-0.25, -0.2) is 8.42 Å². The van der Waals surface area contributed by atoms with Gasteiger partial charge in [-0.2, -0.15) is 0 Å². The van der Waals surface area contributed by atoms with Gasteiger partial charge in [-0.05, 0) is 129 Å². The predicted octanol–water partition coefficient (Wildman–Crippen LogP) is 10.6. The van der Waals surface area contributed by atoms with Crippen LogP contribution in [0.15, 0.2) is 131 Å². The van der Waals surface area contributed by atoms with Crippen LogP contribution >= 0.6 is 0 Å². The van der Waals surface area contributed by atoms with Crippen LogP contribution in [-0.4, -0.2) is 21.6 Å². The summed E-state index contributed by atoms with van der Waals surface area (Å²) >= 11 is 0. The zero-order chi connectivity index (χ0) is 32.6. The summed E-state index contributed by atoms with van der Waals surface area (Å²) in [6.07, 6.45) is 5.16. The second-order valence-corrected chi connectivity index (χ2v) is 13.8. The molecule has 1 heterocycles. The summed E-state index contributed by atoms with van der Waals surface area (Å²) < 4.78 is 44.8. The van der Waals surface area contributed by atoms with Gasteiger partial charge in [0.15, 0.2) is 11.5 Å². The van der Waals surface area contributed by atoms with E-state index in [1.807, 2.05) is 60.7 Å². The molecule has 6 nitrogen and oxygen atoms in total. The Morgan fingerprint density at radius 3 is 1.60 bits per heavy atom. The van der Waals surface area contributed by atoms with Crippen LogP contribution in [0.1, 0.15) is 57.4 Å². The van der Waals surface area contributed by atoms with Gasteiger partial charge in [0.25, 0.3) is 0 Å². The Labute approximate surface area is 278 Å². The van der Waals surface area contributed by atoms with E-state index < -0.39 is 9.84 Å². The van der Waals surface area contributed by atoms with Crippen molar-refractivity contribution in [2.75, 3.05) is 18.1 Å². The van der Waals surface area contributed by atoms with Crippen LogP contribution in [0.2, 0.25) is 0 Å². The largest absolute Gasteiger partial charge is 0.494 e. The molecule has 1 aliphatic heterocycles. The SMILES string of the molecule is CC[C@@H](C)c1ccc(OCCCCCCOc2ccc(S(=O)(=O)c3ccc(N4c5ccccc5Oc5ccccc54)cc3)cc2)cc1. The number of ether oxygens (including phenoxy) is 3. The first-order chi connectivity index (χ1) is 22.9. The summed E-state index contributed by atoms with van der Waals surface area (Å²) in [5.74, 6) is 3.64. The van der Waals surface area contributed by atoms with Gasteiger partial charge in [0.05, 0.1) is 34.4 Å². The van der Waals surface area contributed by atoms with Crippen molar-refractivity contribution in [1.29, 1.82) is 0 Å². The molecule has 0 aliphatic carbocycles. The number of hydrogen-bond donors (Lipinski definition) is 0. The molecule has 6 rings (SSSR count). The number of fused-ring (bicyclic) bond motifs is 2. The Bertz CT molecular complexity index is 1820. The van der Waals surface area contributed by atoms with E-state index in [0.717, 1.165) is 66.4 Å². The Balaban J connectivity index is 0.980. The number of hydrogen-bond acceptors (Lipinski definition) is 6. The molecule has 0 N–H and O–H groups in total. The minimum Gasteiger partial charge on any atom is -0.494 e. The molecule has 0 saturated heterocycles. The number of sulfone groups is 1. The Kier molecular flexibility index (Phi) is 10.1. The molecular weight excluding hydrogens is 607 g/mol. The van der Waals surface area contributed by atoms with Gasteiger partial charge in [-0.3, -0.25) is 0 Å². The first-order valence-electron chi connectivity index (χ1n) is 16.4. The topological polar surface area (TPSA) is 65.1 Å². The van der Waals surface area contributed by atoms with Gasteiger partial charge in [-0.1, -0.05) is 50.2 Å². The number of benzene rings is 5. The molecule has 5 aromatic rings. The number of unbranched alkanes of at least 4 members (excludes halogenated alkanes) is 3. The zero-order valence-electron chi connectivity index (χ0n) is 27.0. The minimum absolute atomic E-state index is 0.231. The minimum atomic E-state index is -3.70. The van der Waals surface area contributed by atoms with Crippen molar-refractivity contribution >= 4 is 26.9 Å². The van der Waals surface area contributed by atoms with Gasteiger partial charge in [0.2, 0.25) is 9.84 Å². The van der Waals surface area contributed by atoms with Crippen LogP contribution in [0.5, 0.6) is 23.0 Å². The maximum absolute atomic E-state index is 13.5. The first kappa shape index (κ1) is 32.2. The fraction of sp³-hybridized carbons (Fsp3) is 0.250. The van der Waals surface area contributed by atoms with Crippen molar-refractivity contribution in [1.82, 2.24) is 0 Å². The van der Waals surface area contributed by atoms with E-state index in [9.17, 15) is 8.42 Å². The molecule has 0 aromatic heterocycles. The van der Waals surface area contributed by atoms with E-state index in [-0.39, 0.29) is 9.79 Å². The molecule has 0 bridgehead atoms. The van der Waals surface area contributed by atoms with Crippen molar-refractivity contribution in [2.24, 2.45) is 0 Å². The van der Waals surface area contributed by atoms with Crippen molar-refractivity contribution in [3.8, 4) is 23.0 Å². The second kappa shape index (κ2) is 14.8. The van der Waals surface area contributed by atoms with Crippen LogP contribution in [-0.2, 0) is 9.84 Å². The fourth-order valence-electron chi connectivity index (χ4n) is 5.67. The lowest BCUT2D eigenvalue weighted by molar-refractivity contribution is 0.287. The molecule has 5 aromatic carbocycles. The smallest absolute Gasteiger partial charge is 0.206 e. The molecule has 242 valence electrons. The molecule has 1 atom stereocenters. The number of anilines is 3. The van der Waals surface area contributed by atoms with Gasteiger partial charge in [0.1, 0.15) is 11.5 Å². The Morgan fingerprint density at radius 1 is 0.617 bits per heavy atom. The maximum Gasteiger partial charge on any atom is 0.206 e. The van der Waals surface area contributed by atoms with Gasteiger partial charge < -0.3 is 19.1 Å². The summed E-state index contributed by atoms with van der Waals surface area (Å²) in [5.41, 5.74) is 3.98. The van der Waals surface area contributed by atoms with E-state index in [0.29, 0.717) is 24.9 Å². The third-order valence-electron chi connectivity index (χ3n) is 8.61. The molecule has 7 heteroatoms. The summed E-state index contributed by atoms with van der Waals surface area (Å²) in [6.45, 7) is 5.73. The first-order valence-corrected chi connectivity index (χ1v) is 17.9. The standard InChI is InChI=1S/C40H41NO5S/c1-3-30(2)31-16-20-33(21-17-31)44-28-10-4-5-11-29-45-34-22-26-36(27-23-34)47(42,43)35-24-18-32(19-25-35)41-37-12-6-8-14-39(37)46-40-15-9-7-13-38(40)41/h6-9,12-27,30H,3-5,10-11,28-29H2,1-2H3/t30-/m1/s1. The van der Waals surface area contributed by atoms with Crippen molar-refractivity contribution < 1.29 is 22.6 Å². The molecule has 0 amide bonds. The predicted molar refractivity (Wildman–Crippen MR) is 188 cm³/mol. The second-order valence-electron chi connectivity index (χ2n) is 11.8. The maximum atomic E-state index is 13.5. The highest BCUT2D eigenvalue weighted by molar-refractivity contribution is 7.91. The van der Waals surface area contributed by atoms with Crippen LogP contribution in [0, 0.1) is 0 Å². The highest BCUT2D eigenvalue weighted by Crippen LogP contribution is 2.50. The molecule has 0 fully saturated rings. The van der Waals surface area contributed by atoms with Gasteiger partial charge in [-0.15, -0.1) is 0 Å². The molecule has 47 heavy (non-hydrogen) atoms. The van der Waals surface area contributed by atoms with Gasteiger partial charge >= 0.3 is 0 Å². The monoisotopic (exact) mass is 647 g/mol. The number of para-hydroxylation sites is 4. The zero-order valence-corrected chi connectivity index (χ0v) is 27.8. The molecule has 0 saturated carbocycles.